The van der Waals surface area contributed by atoms with Gasteiger partial charge in [-0.15, -0.1) is 0 Å². The molecule has 0 saturated carbocycles. The number of nitrogens with zero attached hydrogens (tertiary/aromatic N) is 3. The normalized spacial score (nSPS) is 16.8. The van der Waals surface area contributed by atoms with Crippen molar-refractivity contribution in [2.75, 3.05) is 31.6 Å². The summed E-state index contributed by atoms with van der Waals surface area (Å²) in [5.74, 6) is 0. The standard InChI is InChI=1S/C20H29N5O4S/c1-20(2,3)18(14-24-8-7-21-15-24)23-19(26)22-16-5-4-6-17(13-16)30(27,28)25-9-11-29-12-10-25/h4-8,13,15,18H,9-12,14H2,1-3H3,(H2,22,23,26)/t18-/m1/s1. The second-order valence-electron chi connectivity index (χ2n) is 8.32. The third kappa shape index (κ3) is 5.59. The predicted molar refractivity (Wildman–Crippen MR) is 114 cm³/mol. The van der Waals surface area contributed by atoms with Crippen molar-refractivity contribution in [3.8, 4) is 0 Å². The van der Waals surface area contributed by atoms with Crippen molar-refractivity contribution in [1.82, 2.24) is 19.2 Å². The molecule has 0 radical (unpaired) electrons. The Balaban J connectivity index is 1.69. The third-order valence-electron chi connectivity index (χ3n) is 5.00. The minimum Gasteiger partial charge on any atom is -0.379 e. The molecule has 9 nitrogen and oxygen atoms in total. The highest BCUT2D eigenvalue weighted by Gasteiger charge is 2.28. The van der Waals surface area contributed by atoms with Crippen molar-refractivity contribution in [3.63, 3.8) is 0 Å². The van der Waals surface area contributed by atoms with E-state index >= 15 is 0 Å². The van der Waals surface area contributed by atoms with Crippen LogP contribution in [0.4, 0.5) is 10.5 Å². The highest BCUT2D eigenvalue weighted by Crippen LogP contribution is 2.22. The maximum Gasteiger partial charge on any atom is 0.319 e. The van der Waals surface area contributed by atoms with Gasteiger partial charge in [0.2, 0.25) is 10.0 Å². The second kappa shape index (κ2) is 9.15. The molecule has 1 saturated heterocycles. The minimum atomic E-state index is -3.63. The number of imidazole rings is 1. The van der Waals surface area contributed by atoms with E-state index in [1.807, 2.05) is 31.5 Å². The first kappa shape index (κ1) is 22.3. The molecule has 0 aliphatic carbocycles. The lowest BCUT2D eigenvalue weighted by atomic mass is 9.86. The summed E-state index contributed by atoms with van der Waals surface area (Å²) in [4.78, 5) is 16.8. The number of hydrogen-bond acceptors (Lipinski definition) is 5. The quantitative estimate of drug-likeness (QED) is 0.723. The van der Waals surface area contributed by atoms with Gasteiger partial charge in [-0.25, -0.2) is 18.2 Å². The van der Waals surface area contributed by atoms with Crippen LogP contribution in [0.15, 0.2) is 47.9 Å². The van der Waals surface area contributed by atoms with Gasteiger partial charge in [0.05, 0.1) is 30.5 Å². The lowest BCUT2D eigenvalue weighted by Crippen LogP contribution is -2.47. The largest absolute Gasteiger partial charge is 0.379 e. The Morgan fingerprint density at radius 2 is 2.00 bits per heavy atom. The number of urea groups is 1. The van der Waals surface area contributed by atoms with Crippen molar-refractivity contribution in [3.05, 3.63) is 43.0 Å². The van der Waals surface area contributed by atoms with Crippen LogP contribution in [0.2, 0.25) is 0 Å². The molecule has 1 atom stereocenters. The molecule has 1 aromatic carbocycles. The van der Waals surface area contributed by atoms with E-state index in [-0.39, 0.29) is 16.4 Å². The summed E-state index contributed by atoms with van der Waals surface area (Å²) in [6.45, 7) is 8.11. The molecule has 164 valence electrons. The predicted octanol–water partition coefficient (Wildman–Crippen LogP) is 2.14. The van der Waals surface area contributed by atoms with E-state index in [1.54, 1.807) is 24.7 Å². The van der Waals surface area contributed by atoms with Crippen LogP contribution >= 0.6 is 0 Å². The zero-order valence-corrected chi connectivity index (χ0v) is 18.4. The van der Waals surface area contributed by atoms with Gasteiger partial charge in [-0.3, -0.25) is 0 Å². The summed E-state index contributed by atoms with van der Waals surface area (Å²) in [7, 11) is -3.63. The van der Waals surface area contributed by atoms with Gasteiger partial charge in [-0.1, -0.05) is 26.8 Å². The lowest BCUT2D eigenvalue weighted by Gasteiger charge is -2.31. The fourth-order valence-corrected chi connectivity index (χ4v) is 4.59. The first-order chi connectivity index (χ1) is 14.2. The number of nitrogens with one attached hydrogen (secondary N) is 2. The molecule has 3 rings (SSSR count). The number of carbonyl (C=O) groups excluding carboxylic acids is 1. The van der Waals surface area contributed by atoms with Crippen molar-refractivity contribution < 1.29 is 17.9 Å². The highest BCUT2D eigenvalue weighted by molar-refractivity contribution is 7.89. The van der Waals surface area contributed by atoms with Gasteiger partial charge in [-0.2, -0.15) is 4.31 Å². The van der Waals surface area contributed by atoms with Crippen LogP contribution in [0.25, 0.3) is 0 Å². The average molecular weight is 436 g/mol. The molecule has 2 N–H and O–H groups in total. The fourth-order valence-electron chi connectivity index (χ4n) is 3.14. The van der Waals surface area contributed by atoms with Crippen molar-refractivity contribution in [2.24, 2.45) is 5.41 Å². The van der Waals surface area contributed by atoms with Gasteiger partial charge in [0.25, 0.3) is 0 Å². The molecule has 1 aromatic heterocycles. The Kier molecular flexibility index (Phi) is 6.79. The molecule has 0 unspecified atom stereocenters. The monoisotopic (exact) mass is 435 g/mol. The lowest BCUT2D eigenvalue weighted by molar-refractivity contribution is 0.0730. The molecular weight excluding hydrogens is 406 g/mol. The van der Waals surface area contributed by atoms with E-state index in [1.165, 1.54) is 16.4 Å². The maximum atomic E-state index is 12.8. The van der Waals surface area contributed by atoms with Crippen molar-refractivity contribution in [1.29, 1.82) is 0 Å². The Morgan fingerprint density at radius 1 is 1.27 bits per heavy atom. The van der Waals surface area contributed by atoms with Crippen LogP contribution in [0, 0.1) is 5.41 Å². The maximum absolute atomic E-state index is 12.8. The second-order valence-corrected chi connectivity index (χ2v) is 10.3. The van der Waals surface area contributed by atoms with E-state index in [9.17, 15) is 13.2 Å². The Bertz CT molecular complexity index is 948. The van der Waals surface area contributed by atoms with E-state index in [0.717, 1.165) is 0 Å². The number of amides is 2. The highest BCUT2D eigenvalue weighted by atomic mass is 32.2. The van der Waals surface area contributed by atoms with Gasteiger partial charge in [0, 0.05) is 37.7 Å². The van der Waals surface area contributed by atoms with Gasteiger partial charge in [0.1, 0.15) is 0 Å². The number of aromatic nitrogens is 2. The molecule has 30 heavy (non-hydrogen) atoms. The van der Waals surface area contributed by atoms with E-state index in [4.69, 9.17) is 4.74 Å². The molecule has 1 fully saturated rings. The number of hydrogen-bond donors (Lipinski definition) is 2. The molecule has 2 heterocycles. The van der Waals surface area contributed by atoms with Gasteiger partial charge >= 0.3 is 6.03 Å². The summed E-state index contributed by atoms with van der Waals surface area (Å²) < 4.78 is 34.2. The van der Waals surface area contributed by atoms with Gasteiger partial charge < -0.3 is 19.9 Å². The summed E-state index contributed by atoms with van der Waals surface area (Å²) in [6.07, 6.45) is 5.25. The number of sulfonamides is 1. The smallest absolute Gasteiger partial charge is 0.319 e. The number of rotatable bonds is 6. The van der Waals surface area contributed by atoms with E-state index in [2.05, 4.69) is 15.6 Å². The number of carbonyl (C=O) groups is 1. The van der Waals surface area contributed by atoms with Crippen molar-refractivity contribution in [2.45, 2.75) is 38.3 Å². The van der Waals surface area contributed by atoms with Crippen LogP contribution in [0.3, 0.4) is 0 Å². The summed E-state index contributed by atoms with van der Waals surface area (Å²) >= 11 is 0. The molecule has 0 spiro atoms. The first-order valence-electron chi connectivity index (χ1n) is 9.87. The summed E-state index contributed by atoms with van der Waals surface area (Å²) in [6, 6.07) is 5.75. The third-order valence-corrected chi connectivity index (χ3v) is 6.90. The number of ether oxygens (including phenoxy) is 1. The molecule has 0 bridgehead atoms. The zero-order chi connectivity index (χ0) is 21.8. The Morgan fingerprint density at radius 3 is 2.63 bits per heavy atom. The topological polar surface area (TPSA) is 106 Å². The van der Waals surface area contributed by atoms with Crippen LogP contribution in [-0.2, 0) is 21.3 Å². The van der Waals surface area contributed by atoms with Crippen LogP contribution in [-0.4, -0.2) is 60.7 Å². The summed E-state index contributed by atoms with van der Waals surface area (Å²) in [5, 5.41) is 5.75. The average Bonchev–Trinajstić information content (AvgIpc) is 3.21. The van der Waals surface area contributed by atoms with Crippen LogP contribution in [0.5, 0.6) is 0 Å². The molecule has 2 amide bonds. The number of anilines is 1. The van der Waals surface area contributed by atoms with Crippen LogP contribution in [0.1, 0.15) is 20.8 Å². The number of morpholine rings is 1. The summed E-state index contributed by atoms with van der Waals surface area (Å²) in [5.41, 5.74) is 0.223. The molecule has 2 aromatic rings. The van der Waals surface area contributed by atoms with Crippen molar-refractivity contribution >= 4 is 21.7 Å². The minimum absolute atomic E-state index is 0.146. The molecular formula is C20H29N5O4S. The molecule has 1 aliphatic heterocycles. The number of benzene rings is 1. The zero-order valence-electron chi connectivity index (χ0n) is 17.5. The Labute approximate surface area is 177 Å². The van der Waals surface area contributed by atoms with Gasteiger partial charge in [-0.05, 0) is 23.6 Å². The first-order valence-corrected chi connectivity index (χ1v) is 11.3. The van der Waals surface area contributed by atoms with E-state index < -0.39 is 16.1 Å². The van der Waals surface area contributed by atoms with Gasteiger partial charge in [0.15, 0.2) is 0 Å². The molecule has 1 aliphatic rings. The SMILES string of the molecule is CC(C)(C)[C@@H](Cn1ccnc1)NC(=O)Nc1cccc(S(=O)(=O)N2CCOCC2)c1. The van der Waals surface area contributed by atoms with Crippen LogP contribution < -0.4 is 10.6 Å². The molecule has 10 heteroatoms. The fraction of sp³-hybridized carbons (Fsp3) is 0.500. The Hall–Kier alpha value is -2.43. The van der Waals surface area contributed by atoms with E-state index in [0.29, 0.717) is 38.5 Å².